The third-order valence-electron chi connectivity index (χ3n) is 2.36. The second-order valence-corrected chi connectivity index (χ2v) is 4.45. The first-order valence-corrected chi connectivity index (χ1v) is 6.70. The molecule has 1 N–H and O–H groups in total. The summed E-state index contributed by atoms with van der Waals surface area (Å²) in [5.41, 5.74) is 2.27. The molecule has 1 rings (SSSR count). The lowest BCUT2D eigenvalue weighted by Crippen LogP contribution is -2.26. The molecule has 96 valence electrons. The summed E-state index contributed by atoms with van der Waals surface area (Å²) in [6.45, 7) is 7.95. The predicted octanol–water partition coefficient (Wildman–Crippen LogP) is 3.57. The van der Waals surface area contributed by atoms with E-state index in [1.165, 1.54) is 5.56 Å². The van der Waals surface area contributed by atoms with Crippen molar-refractivity contribution >= 4 is 21.6 Å². The van der Waals surface area contributed by atoms with Crippen LogP contribution in [0, 0.1) is 6.92 Å². The molecular weight excluding hydrogens is 282 g/mol. The van der Waals surface area contributed by atoms with Crippen molar-refractivity contribution in [3.63, 3.8) is 0 Å². The van der Waals surface area contributed by atoms with Crippen LogP contribution in [0.3, 0.4) is 0 Å². The van der Waals surface area contributed by atoms with E-state index < -0.39 is 0 Å². The standard InChI is InChI=1S/C13H20BrNO2/c1-4-16-12(17-5-2)9-15-11-8-6-7-10(3)13(11)14/h6-8,12,15H,4-5,9H2,1-3H3. The summed E-state index contributed by atoms with van der Waals surface area (Å²) >= 11 is 3.56. The second-order valence-electron chi connectivity index (χ2n) is 3.66. The highest BCUT2D eigenvalue weighted by Crippen LogP contribution is 2.25. The summed E-state index contributed by atoms with van der Waals surface area (Å²) in [6, 6.07) is 6.13. The van der Waals surface area contributed by atoms with Crippen LogP contribution in [0.15, 0.2) is 22.7 Å². The Hall–Kier alpha value is -0.580. The van der Waals surface area contributed by atoms with Gasteiger partial charge in [-0.1, -0.05) is 12.1 Å². The maximum Gasteiger partial charge on any atom is 0.174 e. The van der Waals surface area contributed by atoms with Crippen molar-refractivity contribution in [2.75, 3.05) is 25.1 Å². The molecule has 1 aromatic carbocycles. The fourth-order valence-corrected chi connectivity index (χ4v) is 1.92. The second kappa shape index (κ2) is 7.69. The van der Waals surface area contributed by atoms with Crippen LogP contribution in [0.1, 0.15) is 19.4 Å². The molecular formula is C13H20BrNO2. The molecule has 0 heterocycles. The minimum atomic E-state index is -0.197. The van der Waals surface area contributed by atoms with E-state index in [0.29, 0.717) is 19.8 Å². The van der Waals surface area contributed by atoms with Crippen molar-refractivity contribution in [2.45, 2.75) is 27.1 Å². The molecule has 0 saturated carbocycles. The van der Waals surface area contributed by atoms with Gasteiger partial charge in [-0.15, -0.1) is 0 Å². The zero-order valence-corrected chi connectivity index (χ0v) is 12.2. The Bertz CT molecular complexity index is 338. The lowest BCUT2D eigenvalue weighted by Gasteiger charge is -2.19. The Morgan fingerprint density at radius 1 is 1.24 bits per heavy atom. The van der Waals surface area contributed by atoms with E-state index in [1.807, 2.05) is 26.0 Å². The Balaban J connectivity index is 2.55. The number of benzene rings is 1. The van der Waals surface area contributed by atoms with E-state index in [1.54, 1.807) is 0 Å². The molecule has 0 atom stereocenters. The molecule has 0 bridgehead atoms. The number of hydrogen-bond acceptors (Lipinski definition) is 3. The molecule has 0 spiro atoms. The van der Waals surface area contributed by atoms with Crippen molar-refractivity contribution in [1.29, 1.82) is 0 Å². The van der Waals surface area contributed by atoms with Crippen molar-refractivity contribution in [3.05, 3.63) is 28.2 Å². The molecule has 0 aliphatic heterocycles. The van der Waals surface area contributed by atoms with Gasteiger partial charge in [0, 0.05) is 23.4 Å². The van der Waals surface area contributed by atoms with Gasteiger partial charge in [0.25, 0.3) is 0 Å². The van der Waals surface area contributed by atoms with Gasteiger partial charge >= 0.3 is 0 Å². The zero-order chi connectivity index (χ0) is 12.7. The molecule has 0 saturated heterocycles. The fourth-order valence-electron chi connectivity index (χ4n) is 1.51. The summed E-state index contributed by atoms with van der Waals surface area (Å²) in [5.74, 6) is 0. The minimum absolute atomic E-state index is 0.197. The topological polar surface area (TPSA) is 30.5 Å². The van der Waals surface area contributed by atoms with Crippen LogP contribution in [0.4, 0.5) is 5.69 Å². The lowest BCUT2D eigenvalue weighted by atomic mass is 10.2. The van der Waals surface area contributed by atoms with Crippen LogP contribution in [0.5, 0.6) is 0 Å². The van der Waals surface area contributed by atoms with Gasteiger partial charge in [0.2, 0.25) is 0 Å². The minimum Gasteiger partial charge on any atom is -0.379 e. The van der Waals surface area contributed by atoms with E-state index in [9.17, 15) is 0 Å². The molecule has 0 aliphatic carbocycles. The first-order chi connectivity index (χ1) is 8.19. The highest BCUT2D eigenvalue weighted by atomic mass is 79.9. The van der Waals surface area contributed by atoms with E-state index in [2.05, 4.69) is 34.2 Å². The van der Waals surface area contributed by atoms with Crippen LogP contribution in [0.2, 0.25) is 0 Å². The summed E-state index contributed by atoms with van der Waals surface area (Å²) in [7, 11) is 0. The number of halogens is 1. The monoisotopic (exact) mass is 301 g/mol. The van der Waals surface area contributed by atoms with Gasteiger partial charge in [0.15, 0.2) is 6.29 Å². The maximum atomic E-state index is 5.47. The average Bonchev–Trinajstić information content (AvgIpc) is 2.31. The van der Waals surface area contributed by atoms with Crippen LogP contribution in [0.25, 0.3) is 0 Å². The number of nitrogens with one attached hydrogen (secondary N) is 1. The molecule has 4 heteroatoms. The van der Waals surface area contributed by atoms with Gasteiger partial charge in [-0.2, -0.15) is 0 Å². The normalized spacial score (nSPS) is 10.9. The predicted molar refractivity (Wildman–Crippen MR) is 74.4 cm³/mol. The lowest BCUT2D eigenvalue weighted by molar-refractivity contribution is -0.126. The highest BCUT2D eigenvalue weighted by Gasteiger charge is 2.09. The fraction of sp³-hybridized carbons (Fsp3) is 0.538. The van der Waals surface area contributed by atoms with Gasteiger partial charge in [0.1, 0.15) is 0 Å². The summed E-state index contributed by atoms with van der Waals surface area (Å²) < 4.78 is 12.0. The van der Waals surface area contributed by atoms with Crippen LogP contribution in [-0.2, 0) is 9.47 Å². The third-order valence-corrected chi connectivity index (χ3v) is 3.41. The van der Waals surface area contributed by atoms with E-state index in [-0.39, 0.29) is 6.29 Å². The first-order valence-electron chi connectivity index (χ1n) is 5.91. The molecule has 17 heavy (non-hydrogen) atoms. The Labute approximate surface area is 112 Å². The molecule has 0 unspecified atom stereocenters. The molecule has 0 aromatic heterocycles. The molecule has 0 amide bonds. The molecule has 1 aromatic rings. The molecule has 3 nitrogen and oxygen atoms in total. The van der Waals surface area contributed by atoms with Crippen LogP contribution < -0.4 is 5.32 Å². The van der Waals surface area contributed by atoms with Gasteiger partial charge in [-0.3, -0.25) is 0 Å². The SMILES string of the molecule is CCOC(CNc1cccc(C)c1Br)OCC. The van der Waals surface area contributed by atoms with Crippen molar-refractivity contribution in [1.82, 2.24) is 0 Å². The quantitative estimate of drug-likeness (QED) is 0.781. The van der Waals surface area contributed by atoms with Crippen molar-refractivity contribution < 1.29 is 9.47 Å². The summed E-state index contributed by atoms with van der Waals surface area (Å²) in [4.78, 5) is 0. The van der Waals surface area contributed by atoms with E-state index >= 15 is 0 Å². The van der Waals surface area contributed by atoms with Crippen LogP contribution >= 0.6 is 15.9 Å². The summed E-state index contributed by atoms with van der Waals surface area (Å²) in [6.07, 6.45) is -0.197. The highest BCUT2D eigenvalue weighted by molar-refractivity contribution is 9.10. The smallest absolute Gasteiger partial charge is 0.174 e. The van der Waals surface area contributed by atoms with Crippen LogP contribution in [-0.4, -0.2) is 26.0 Å². The van der Waals surface area contributed by atoms with E-state index in [0.717, 1.165) is 10.2 Å². The zero-order valence-electron chi connectivity index (χ0n) is 10.6. The number of aryl methyl sites for hydroxylation is 1. The molecule has 0 aliphatic rings. The first kappa shape index (κ1) is 14.5. The number of hydrogen-bond donors (Lipinski definition) is 1. The third kappa shape index (κ3) is 4.66. The maximum absolute atomic E-state index is 5.47. The number of anilines is 1. The Morgan fingerprint density at radius 3 is 2.47 bits per heavy atom. The Morgan fingerprint density at radius 2 is 1.88 bits per heavy atom. The van der Waals surface area contributed by atoms with E-state index in [4.69, 9.17) is 9.47 Å². The van der Waals surface area contributed by atoms with Crippen molar-refractivity contribution in [3.8, 4) is 0 Å². The number of rotatable bonds is 7. The Kier molecular flexibility index (Phi) is 6.55. The molecule has 0 radical (unpaired) electrons. The largest absolute Gasteiger partial charge is 0.379 e. The van der Waals surface area contributed by atoms with Gasteiger partial charge < -0.3 is 14.8 Å². The average molecular weight is 302 g/mol. The number of ether oxygens (including phenoxy) is 2. The van der Waals surface area contributed by atoms with Crippen molar-refractivity contribution in [2.24, 2.45) is 0 Å². The van der Waals surface area contributed by atoms with Gasteiger partial charge in [-0.25, -0.2) is 0 Å². The summed E-state index contributed by atoms with van der Waals surface area (Å²) in [5, 5.41) is 3.33. The molecule has 0 fully saturated rings. The van der Waals surface area contributed by atoms with Gasteiger partial charge in [-0.05, 0) is 48.3 Å². The van der Waals surface area contributed by atoms with Gasteiger partial charge in [0.05, 0.1) is 6.54 Å².